The fraction of sp³-hybridized carbons (Fsp3) is 0. The first kappa shape index (κ1) is 49.2. The van der Waals surface area contributed by atoms with E-state index in [4.69, 9.17) is 4.42 Å². The fourth-order valence-electron chi connectivity index (χ4n) is 12.2. The number of hydrogen-bond donors (Lipinski definition) is 1. The summed E-state index contributed by atoms with van der Waals surface area (Å²) in [5, 5.41) is 6.23. The van der Waals surface area contributed by atoms with Gasteiger partial charge in [0.1, 0.15) is 11.2 Å². The van der Waals surface area contributed by atoms with E-state index in [9.17, 15) is 0 Å². The molecule has 0 radical (unpaired) electrons. The number of nitrogens with zero attached hydrogens (tertiary/aromatic N) is 2. The van der Waals surface area contributed by atoms with Gasteiger partial charge in [-0.2, -0.15) is 0 Å². The molecule has 83 heavy (non-hydrogen) atoms. The van der Waals surface area contributed by atoms with Crippen molar-refractivity contribution in [3.8, 4) is 66.8 Å². The summed E-state index contributed by atoms with van der Waals surface area (Å²) in [6.07, 6.45) is 0. The first-order chi connectivity index (χ1) is 41.1. The molecule has 0 unspecified atom stereocenters. The Balaban J connectivity index is 0.968. The smallest absolute Gasteiger partial charge is 0.198 e. The van der Waals surface area contributed by atoms with E-state index in [1.54, 1.807) is 0 Å². The monoisotopic (exact) mass is 1060 g/mol. The van der Waals surface area contributed by atoms with Crippen LogP contribution in [0.5, 0.6) is 0 Å². The average molecular weight is 1060 g/mol. The molecule has 13 aromatic carbocycles. The quantitative estimate of drug-likeness (QED) is 0.124. The standard InChI is InChI=1S/C78H54BN3O/c1-6-20-53(21-7-1)58-36-41-64(42-37-58)81(65-43-38-59(39-44-65)54-22-8-2-9-23-54)67-45-46-68(72(51-67)80-63-32-18-30-60(48-63)55-24-10-3-11-25-55)70-52-75-76(69-34-16-17-35-74(69)83-75)78-77(70)79-71-47-40-62(57-28-14-5-15-29-57)50-73(71)82(78)66-33-19-31-61(49-66)56-26-12-4-13-27-56/h1-52,79-80H. The SMILES string of the molecule is B1c2ccc(-c3ccccc3)cc2N(c2cccc(-c3ccccc3)c2)c2c1c(-c1ccc(N(c3ccc(-c4ccccc4)cc3)c3ccc(-c4ccccc4)cc3)cc1Nc1cccc(-c3ccccc3)c1)cc1oc3ccccc3c21. The predicted molar refractivity (Wildman–Crippen MR) is 352 cm³/mol. The number of nitrogens with one attached hydrogen (secondary N) is 1. The summed E-state index contributed by atoms with van der Waals surface area (Å²) in [7, 11) is 0.692. The van der Waals surface area contributed by atoms with Gasteiger partial charge in [0.25, 0.3) is 0 Å². The molecule has 14 aromatic rings. The van der Waals surface area contributed by atoms with Gasteiger partial charge < -0.3 is 19.5 Å². The molecular formula is C78H54BN3O. The molecule has 1 aliphatic heterocycles. The molecule has 1 aromatic heterocycles. The number of rotatable bonds is 12. The Morgan fingerprint density at radius 3 is 1.40 bits per heavy atom. The predicted octanol–water partition coefficient (Wildman–Crippen LogP) is 20.0. The van der Waals surface area contributed by atoms with E-state index >= 15 is 0 Å². The van der Waals surface area contributed by atoms with Crippen LogP contribution in [0, 0.1) is 0 Å². The molecule has 5 heteroatoms. The maximum atomic E-state index is 7.07. The van der Waals surface area contributed by atoms with Crippen molar-refractivity contribution in [3.05, 3.63) is 315 Å². The summed E-state index contributed by atoms with van der Waals surface area (Å²) in [5.74, 6) is 0. The summed E-state index contributed by atoms with van der Waals surface area (Å²) in [6.45, 7) is 0. The van der Waals surface area contributed by atoms with Crippen molar-refractivity contribution in [1.29, 1.82) is 0 Å². The van der Waals surface area contributed by atoms with Gasteiger partial charge in [-0.3, -0.25) is 0 Å². The third-order valence-corrected chi connectivity index (χ3v) is 16.2. The van der Waals surface area contributed by atoms with Crippen molar-refractivity contribution >= 4 is 85.6 Å². The molecule has 0 bridgehead atoms. The highest BCUT2D eigenvalue weighted by Gasteiger charge is 2.33. The third-order valence-electron chi connectivity index (χ3n) is 16.2. The second-order valence-corrected chi connectivity index (χ2v) is 21.3. The van der Waals surface area contributed by atoms with E-state index in [1.165, 1.54) is 27.6 Å². The van der Waals surface area contributed by atoms with Crippen LogP contribution < -0.4 is 26.0 Å². The zero-order chi connectivity index (χ0) is 55.1. The Morgan fingerprint density at radius 2 is 0.807 bits per heavy atom. The van der Waals surface area contributed by atoms with Crippen LogP contribution in [0.4, 0.5) is 45.5 Å². The van der Waals surface area contributed by atoms with Gasteiger partial charge >= 0.3 is 0 Å². The van der Waals surface area contributed by atoms with Gasteiger partial charge in [0, 0.05) is 50.8 Å². The van der Waals surface area contributed by atoms with Crippen LogP contribution >= 0.6 is 0 Å². The summed E-state index contributed by atoms with van der Waals surface area (Å²) in [6, 6.07) is 114. The largest absolute Gasteiger partial charge is 0.456 e. The van der Waals surface area contributed by atoms with E-state index in [0.29, 0.717) is 7.28 Å². The van der Waals surface area contributed by atoms with Gasteiger partial charge in [0.05, 0.1) is 11.1 Å². The molecule has 0 amide bonds. The zero-order valence-corrected chi connectivity index (χ0v) is 45.5. The lowest BCUT2D eigenvalue weighted by atomic mass is 9.57. The number of furan rings is 1. The van der Waals surface area contributed by atoms with E-state index in [1.807, 2.05) is 0 Å². The molecule has 4 nitrogen and oxygen atoms in total. The fourth-order valence-corrected chi connectivity index (χ4v) is 12.2. The Bertz CT molecular complexity index is 4560. The van der Waals surface area contributed by atoms with Gasteiger partial charge in [0.2, 0.25) is 0 Å². The zero-order valence-electron chi connectivity index (χ0n) is 45.5. The van der Waals surface area contributed by atoms with Gasteiger partial charge in [-0.1, -0.05) is 242 Å². The first-order valence-corrected chi connectivity index (χ1v) is 28.4. The van der Waals surface area contributed by atoms with Crippen molar-refractivity contribution in [2.45, 2.75) is 0 Å². The highest BCUT2D eigenvalue weighted by Crippen LogP contribution is 2.49. The van der Waals surface area contributed by atoms with Crippen molar-refractivity contribution in [2.24, 2.45) is 0 Å². The highest BCUT2D eigenvalue weighted by molar-refractivity contribution is 6.74. The molecule has 0 spiro atoms. The van der Waals surface area contributed by atoms with Crippen LogP contribution in [0.3, 0.4) is 0 Å². The Morgan fingerprint density at radius 1 is 0.337 bits per heavy atom. The van der Waals surface area contributed by atoms with E-state index in [2.05, 4.69) is 331 Å². The highest BCUT2D eigenvalue weighted by atomic mass is 16.3. The molecule has 0 atom stereocenters. The van der Waals surface area contributed by atoms with Crippen LogP contribution in [-0.2, 0) is 0 Å². The lowest BCUT2D eigenvalue weighted by molar-refractivity contribution is 0.669. The maximum absolute atomic E-state index is 7.07. The van der Waals surface area contributed by atoms with Crippen LogP contribution in [0.1, 0.15) is 0 Å². The number of fused-ring (bicyclic) bond motifs is 6. The molecule has 15 rings (SSSR count). The van der Waals surface area contributed by atoms with E-state index in [-0.39, 0.29) is 0 Å². The van der Waals surface area contributed by atoms with Crippen molar-refractivity contribution in [3.63, 3.8) is 0 Å². The summed E-state index contributed by atoms with van der Waals surface area (Å²) < 4.78 is 7.07. The topological polar surface area (TPSA) is 31.6 Å². The molecule has 0 saturated carbocycles. The second kappa shape index (κ2) is 21.3. The van der Waals surface area contributed by atoms with Gasteiger partial charge in [0.15, 0.2) is 7.28 Å². The molecule has 390 valence electrons. The minimum atomic E-state index is 0.692. The summed E-state index contributed by atoms with van der Waals surface area (Å²) in [5.41, 5.74) is 26.3. The van der Waals surface area contributed by atoms with E-state index < -0.39 is 0 Å². The number of anilines is 8. The molecule has 0 saturated heterocycles. The Labute approximate surface area is 484 Å². The van der Waals surface area contributed by atoms with Gasteiger partial charge in [-0.25, -0.2) is 0 Å². The minimum Gasteiger partial charge on any atom is -0.456 e. The first-order valence-electron chi connectivity index (χ1n) is 28.4. The van der Waals surface area contributed by atoms with Crippen molar-refractivity contribution in [1.82, 2.24) is 0 Å². The average Bonchev–Trinajstić information content (AvgIpc) is 4.07. The third kappa shape index (κ3) is 9.40. The molecule has 0 aliphatic carbocycles. The molecule has 2 heterocycles. The molecular weight excluding hydrogens is 1010 g/mol. The minimum absolute atomic E-state index is 0.692. The van der Waals surface area contributed by atoms with Crippen LogP contribution in [0.2, 0.25) is 0 Å². The van der Waals surface area contributed by atoms with Crippen molar-refractivity contribution in [2.75, 3.05) is 15.1 Å². The van der Waals surface area contributed by atoms with Crippen molar-refractivity contribution < 1.29 is 4.42 Å². The van der Waals surface area contributed by atoms with Gasteiger partial charge in [-0.15, -0.1) is 0 Å². The molecule has 1 N–H and O–H groups in total. The Kier molecular flexibility index (Phi) is 12.6. The number of hydrogen-bond acceptors (Lipinski definition) is 4. The lowest BCUT2D eigenvalue weighted by Crippen LogP contribution is -2.41. The Hall–Kier alpha value is -10.9. The maximum Gasteiger partial charge on any atom is 0.198 e. The summed E-state index contributed by atoms with van der Waals surface area (Å²) in [4.78, 5) is 4.89. The number of benzene rings is 13. The van der Waals surface area contributed by atoms with E-state index in [0.717, 1.165) is 118 Å². The lowest BCUT2D eigenvalue weighted by Gasteiger charge is -2.36. The van der Waals surface area contributed by atoms with Crippen LogP contribution in [-0.4, -0.2) is 7.28 Å². The second-order valence-electron chi connectivity index (χ2n) is 21.3. The van der Waals surface area contributed by atoms with Gasteiger partial charge in [-0.05, 0) is 146 Å². The van der Waals surface area contributed by atoms with Crippen LogP contribution in [0.15, 0.2) is 320 Å². The molecule has 0 fully saturated rings. The normalized spacial score (nSPS) is 11.7. The summed E-state index contributed by atoms with van der Waals surface area (Å²) >= 11 is 0. The molecule has 1 aliphatic rings. The van der Waals surface area contributed by atoms with Crippen LogP contribution in [0.25, 0.3) is 88.7 Å². The number of para-hydroxylation sites is 1.